The summed E-state index contributed by atoms with van der Waals surface area (Å²) in [6.07, 6.45) is 1.43. The van der Waals surface area contributed by atoms with Crippen molar-refractivity contribution in [1.82, 2.24) is 10.1 Å². The molecule has 3 rings (SSSR count). The summed E-state index contributed by atoms with van der Waals surface area (Å²) in [7, 11) is 0. The van der Waals surface area contributed by atoms with Gasteiger partial charge in [-0.05, 0) is 44.5 Å². The Balaban J connectivity index is 1.45. The molecule has 0 aliphatic rings. The molecule has 0 saturated heterocycles. The minimum atomic E-state index is -0.380. The molecular formula is C22H23N3O4. The number of carbonyl (C=O) groups is 2. The number of aryl methyl sites for hydroxylation is 2. The lowest BCUT2D eigenvalue weighted by atomic mass is 10.1. The fourth-order valence-electron chi connectivity index (χ4n) is 2.70. The average Bonchev–Trinajstić information content (AvgIpc) is 3.18. The molecule has 3 aromatic rings. The maximum atomic E-state index is 12.1. The highest BCUT2D eigenvalue weighted by Crippen LogP contribution is 2.17. The molecule has 1 N–H and O–H groups in total. The van der Waals surface area contributed by atoms with Crippen molar-refractivity contribution in [2.24, 2.45) is 0 Å². The van der Waals surface area contributed by atoms with Crippen LogP contribution in [-0.4, -0.2) is 28.6 Å². The van der Waals surface area contributed by atoms with E-state index >= 15 is 0 Å². The van der Waals surface area contributed by atoms with Crippen LogP contribution < -0.4 is 5.32 Å². The van der Waals surface area contributed by atoms with Gasteiger partial charge in [-0.25, -0.2) is 4.79 Å². The van der Waals surface area contributed by atoms with Gasteiger partial charge in [0.05, 0.1) is 12.2 Å². The number of nitrogens with one attached hydrogen (secondary N) is 1. The topological polar surface area (TPSA) is 94.3 Å². The van der Waals surface area contributed by atoms with Crippen LogP contribution in [0.1, 0.15) is 41.6 Å². The molecule has 1 amide bonds. The molecule has 7 nitrogen and oxygen atoms in total. The van der Waals surface area contributed by atoms with E-state index in [1.807, 2.05) is 31.2 Å². The third kappa shape index (κ3) is 5.75. The monoisotopic (exact) mass is 393 g/mol. The van der Waals surface area contributed by atoms with Gasteiger partial charge in [0.25, 0.3) is 0 Å². The molecule has 0 fully saturated rings. The molecule has 150 valence electrons. The van der Waals surface area contributed by atoms with E-state index in [9.17, 15) is 9.59 Å². The van der Waals surface area contributed by atoms with Crippen LogP contribution in [0.25, 0.3) is 11.4 Å². The first-order valence-corrected chi connectivity index (χ1v) is 9.52. The summed E-state index contributed by atoms with van der Waals surface area (Å²) in [5.74, 6) is 0.556. The number of aromatic nitrogens is 2. The van der Waals surface area contributed by atoms with Crippen molar-refractivity contribution >= 4 is 17.6 Å². The van der Waals surface area contributed by atoms with Gasteiger partial charge in [0.15, 0.2) is 0 Å². The number of rotatable bonds is 8. The lowest BCUT2D eigenvalue weighted by molar-refractivity contribution is -0.116. The van der Waals surface area contributed by atoms with Crippen molar-refractivity contribution in [3.05, 3.63) is 65.5 Å². The van der Waals surface area contributed by atoms with Crippen molar-refractivity contribution in [3.8, 4) is 11.4 Å². The zero-order chi connectivity index (χ0) is 20.6. The number of amides is 1. The molecule has 0 saturated carbocycles. The molecule has 0 bridgehead atoms. The van der Waals surface area contributed by atoms with Gasteiger partial charge in [-0.1, -0.05) is 35.0 Å². The number of ether oxygens (including phenoxy) is 1. The van der Waals surface area contributed by atoms with E-state index in [0.717, 1.165) is 5.56 Å². The van der Waals surface area contributed by atoms with Crippen LogP contribution in [0, 0.1) is 6.92 Å². The Morgan fingerprint density at radius 3 is 2.48 bits per heavy atom. The van der Waals surface area contributed by atoms with E-state index < -0.39 is 0 Å². The highest BCUT2D eigenvalue weighted by Gasteiger charge is 2.10. The summed E-state index contributed by atoms with van der Waals surface area (Å²) < 4.78 is 10.2. The van der Waals surface area contributed by atoms with Crippen LogP contribution in [0.5, 0.6) is 0 Å². The van der Waals surface area contributed by atoms with Gasteiger partial charge in [-0.2, -0.15) is 4.98 Å². The minimum absolute atomic E-state index is 0.118. The quantitative estimate of drug-likeness (QED) is 0.577. The van der Waals surface area contributed by atoms with Crippen molar-refractivity contribution in [2.45, 2.75) is 33.1 Å². The third-order valence-electron chi connectivity index (χ3n) is 4.25. The summed E-state index contributed by atoms with van der Waals surface area (Å²) in [6, 6.07) is 14.5. The molecule has 1 aromatic heterocycles. The third-order valence-corrected chi connectivity index (χ3v) is 4.25. The molecule has 0 aliphatic heterocycles. The summed E-state index contributed by atoms with van der Waals surface area (Å²) in [4.78, 5) is 28.1. The Bertz CT molecular complexity index is 962. The van der Waals surface area contributed by atoms with Crippen LogP contribution >= 0.6 is 0 Å². The fourth-order valence-corrected chi connectivity index (χ4v) is 2.70. The molecule has 0 unspecified atom stereocenters. The van der Waals surface area contributed by atoms with Crippen LogP contribution in [0.3, 0.4) is 0 Å². The lowest BCUT2D eigenvalue weighted by Gasteiger charge is -2.06. The zero-order valence-corrected chi connectivity index (χ0v) is 16.5. The molecule has 2 aromatic carbocycles. The van der Waals surface area contributed by atoms with E-state index in [2.05, 4.69) is 15.5 Å². The first-order valence-electron chi connectivity index (χ1n) is 9.52. The molecule has 0 radical (unpaired) electrons. The van der Waals surface area contributed by atoms with E-state index in [4.69, 9.17) is 9.26 Å². The zero-order valence-electron chi connectivity index (χ0n) is 16.5. The molecule has 1 heterocycles. The Kier molecular flexibility index (Phi) is 6.73. The van der Waals surface area contributed by atoms with Gasteiger partial charge in [-0.3, -0.25) is 4.79 Å². The maximum absolute atomic E-state index is 12.1. The summed E-state index contributed by atoms with van der Waals surface area (Å²) in [5, 5.41) is 6.80. The Labute approximate surface area is 169 Å². The van der Waals surface area contributed by atoms with E-state index in [1.165, 1.54) is 5.56 Å². The Morgan fingerprint density at radius 2 is 1.79 bits per heavy atom. The van der Waals surface area contributed by atoms with Crippen LogP contribution in [-0.2, 0) is 16.0 Å². The highest BCUT2D eigenvalue weighted by molar-refractivity contribution is 5.93. The lowest BCUT2D eigenvalue weighted by Crippen LogP contribution is -2.12. The molecular weight excluding hydrogens is 370 g/mol. The van der Waals surface area contributed by atoms with Gasteiger partial charge >= 0.3 is 5.97 Å². The molecule has 7 heteroatoms. The first kappa shape index (κ1) is 20.3. The smallest absolute Gasteiger partial charge is 0.338 e. The molecule has 0 spiro atoms. The minimum Gasteiger partial charge on any atom is -0.462 e. The Morgan fingerprint density at radius 1 is 1.07 bits per heavy atom. The standard InChI is InChI=1S/C22H23N3O4/c1-3-28-22(27)17-11-13-18(14-12-17)23-19(26)5-4-6-20-24-21(25-29-20)16-9-7-15(2)8-10-16/h7-14H,3-6H2,1-2H3,(H,23,26). The number of hydrogen-bond donors (Lipinski definition) is 1. The largest absolute Gasteiger partial charge is 0.462 e. The predicted octanol–water partition coefficient (Wildman–Crippen LogP) is 4.18. The van der Waals surface area contributed by atoms with Crippen molar-refractivity contribution < 1.29 is 18.8 Å². The van der Waals surface area contributed by atoms with Gasteiger partial charge in [0, 0.05) is 24.1 Å². The first-order chi connectivity index (χ1) is 14.0. The predicted molar refractivity (Wildman–Crippen MR) is 108 cm³/mol. The number of benzene rings is 2. The van der Waals surface area contributed by atoms with Crippen molar-refractivity contribution in [2.75, 3.05) is 11.9 Å². The maximum Gasteiger partial charge on any atom is 0.338 e. The second-order valence-corrected chi connectivity index (χ2v) is 6.58. The normalized spacial score (nSPS) is 10.6. The second-order valence-electron chi connectivity index (χ2n) is 6.58. The summed E-state index contributed by atoms with van der Waals surface area (Å²) >= 11 is 0. The molecule has 0 aliphatic carbocycles. The van der Waals surface area contributed by atoms with Gasteiger partial charge in [0.2, 0.25) is 17.6 Å². The summed E-state index contributed by atoms with van der Waals surface area (Å²) in [5.41, 5.74) is 3.14. The Hall–Kier alpha value is -3.48. The highest BCUT2D eigenvalue weighted by atomic mass is 16.5. The summed E-state index contributed by atoms with van der Waals surface area (Å²) in [6.45, 7) is 4.10. The van der Waals surface area contributed by atoms with Crippen molar-refractivity contribution in [3.63, 3.8) is 0 Å². The van der Waals surface area contributed by atoms with E-state index in [0.29, 0.717) is 48.8 Å². The number of hydrogen-bond acceptors (Lipinski definition) is 6. The van der Waals surface area contributed by atoms with Crippen LogP contribution in [0.15, 0.2) is 53.1 Å². The van der Waals surface area contributed by atoms with Gasteiger partial charge in [0.1, 0.15) is 0 Å². The van der Waals surface area contributed by atoms with Crippen molar-refractivity contribution in [1.29, 1.82) is 0 Å². The molecule has 0 atom stereocenters. The van der Waals surface area contributed by atoms with E-state index in [-0.39, 0.29) is 11.9 Å². The van der Waals surface area contributed by atoms with Crippen LogP contribution in [0.4, 0.5) is 5.69 Å². The van der Waals surface area contributed by atoms with Gasteiger partial charge < -0.3 is 14.6 Å². The van der Waals surface area contributed by atoms with E-state index in [1.54, 1.807) is 31.2 Å². The second kappa shape index (κ2) is 9.64. The number of anilines is 1. The number of carbonyl (C=O) groups excluding carboxylic acids is 2. The number of esters is 1. The van der Waals surface area contributed by atoms with Gasteiger partial charge in [-0.15, -0.1) is 0 Å². The fraction of sp³-hybridized carbons (Fsp3) is 0.273. The molecule has 29 heavy (non-hydrogen) atoms. The number of nitrogens with zero attached hydrogens (tertiary/aromatic N) is 2. The van der Waals surface area contributed by atoms with Crippen LogP contribution in [0.2, 0.25) is 0 Å². The average molecular weight is 393 g/mol. The SMILES string of the molecule is CCOC(=O)c1ccc(NC(=O)CCCc2nc(-c3ccc(C)cc3)no2)cc1.